The maximum Gasteiger partial charge on any atom is 0.266 e. The summed E-state index contributed by atoms with van der Waals surface area (Å²) in [4.78, 5) is 30.1. The Morgan fingerprint density at radius 1 is 1.11 bits per heavy atom. The number of nitrogens with zero attached hydrogens (tertiary/aromatic N) is 3. The number of carbonyl (C=O) groups is 1. The lowest BCUT2D eigenvalue weighted by Gasteiger charge is -2.07. The minimum absolute atomic E-state index is 0.203. The Kier molecular flexibility index (Phi) is 6.40. The minimum Gasteiger partial charge on any atom is -0.454 e. The van der Waals surface area contributed by atoms with Crippen molar-refractivity contribution in [1.82, 2.24) is 20.1 Å². The molecule has 8 nitrogen and oxygen atoms in total. The van der Waals surface area contributed by atoms with Crippen LogP contribution in [-0.4, -0.2) is 34.0 Å². The van der Waals surface area contributed by atoms with Crippen molar-refractivity contribution in [2.24, 2.45) is 0 Å². The van der Waals surface area contributed by atoms with E-state index in [4.69, 9.17) is 9.47 Å². The number of hydrogen-bond donors (Lipinski definition) is 1. The Labute approximate surface area is 205 Å². The highest BCUT2D eigenvalue weighted by atomic mass is 32.1. The molecule has 1 aliphatic heterocycles. The van der Waals surface area contributed by atoms with E-state index < -0.39 is 0 Å². The van der Waals surface area contributed by atoms with Crippen LogP contribution in [0.3, 0.4) is 0 Å². The molecule has 3 heterocycles. The summed E-state index contributed by atoms with van der Waals surface area (Å²) in [6.07, 6.45) is 3.13. The van der Waals surface area contributed by atoms with Crippen molar-refractivity contribution in [2.45, 2.75) is 13.5 Å². The van der Waals surface area contributed by atoms with Gasteiger partial charge >= 0.3 is 0 Å². The van der Waals surface area contributed by atoms with Crippen LogP contribution in [-0.2, 0) is 11.3 Å². The van der Waals surface area contributed by atoms with E-state index in [1.807, 2.05) is 49.4 Å². The van der Waals surface area contributed by atoms with Crippen LogP contribution in [0.1, 0.15) is 11.3 Å². The lowest BCUT2D eigenvalue weighted by molar-refractivity contribution is -0.116. The molecule has 0 unspecified atom stereocenters. The molecule has 0 radical (unpaired) electrons. The zero-order valence-electron chi connectivity index (χ0n) is 18.9. The predicted octanol–water partition coefficient (Wildman–Crippen LogP) is 3.90. The number of benzene rings is 2. The summed E-state index contributed by atoms with van der Waals surface area (Å²) < 4.78 is 12.0. The van der Waals surface area contributed by atoms with Gasteiger partial charge in [0, 0.05) is 24.3 Å². The maximum atomic E-state index is 12.3. The fourth-order valence-corrected chi connectivity index (χ4v) is 4.64. The van der Waals surface area contributed by atoms with Crippen LogP contribution in [0, 0.1) is 6.92 Å². The molecule has 1 aliphatic rings. The van der Waals surface area contributed by atoms with E-state index in [1.54, 1.807) is 18.2 Å². The molecule has 4 aromatic rings. The first kappa shape index (κ1) is 22.5. The van der Waals surface area contributed by atoms with Gasteiger partial charge in [-0.25, -0.2) is 9.67 Å². The monoisotopic (exact) mass is 486 g/mol. The number of aromatic nitrogens is 3. The van der Waals surface area contributed by atoms with Gasteiger partial charge in [-0.15, -0.1) is 11.3 Å². The molecular weight excluding hydrogens is 464 g/mol. The van der Waals surface area contributed by atoms with Gasteiger partial charge in [0.1, 0.15) is 10.7 Å². The topological polar surface area (TPSA) is 95.3 Å². The maximum absolute atomic E-state index is 12.3. The van der Waals surface area contributed by atoms with Crippen LogP contribution < -0.4 is 20.3 Å². The molecule has 9 heteroatoms. The van der Waals surface area contributed by atoms with Crippen LogP contribution >= 0.6 is 11.3 Å². The quantitative estimate of drug-likeness (QED) is 0.398. The van der Waals surface area contributed by atoms with E-state index in [-0.39, 0.29) is 31.3 Å². The van der Waals surface area contributed by atoms with Gasteiger partial charge in [0.25, 0.3) is 5.56 Å². The van der Waals surface area contributed by atoms with Gasteiger partial charge in [0.2, 0.25) is 12.7 Å². The third-order valence-electron chi connectivity index (χ3n) is 5.36. The molecule has 176 valence electrons. The molecule has 0 atom stereocenters. The molecule has 0 saturated heterocycles. The number of carbonyl (C=O) groups excluding carboxylic acids is 1. The van der Waals surface area contributed by atoms with Crippen molar-refractivity contribution in [2.75, 3.05) is 13.3 Å². The van der Waals surface area contributed by atoms with Gasteiger partial charge in [-0.3, -0.25) is 9.59 Å². The Bertz CT molecular complexity index is 1460. The van der Waals surface area contributed by atoms with Crippen LogP contribution in [0.5, 0.6) is 11.5 Å². The zero-order valence-corrected chi connectivity index (χ0v) is 19.7. The van der Waals surface area contributed by atoms with Gasteiger partial charge in [0.05, 0.1) is 17.1 Å². The first-order chi connectivity index (χ1) is 17.1. The van der Waals surface area contributed by atoms with Gasteiger partial charge in [-0.05, 0) is 36.8 Å². The summed E-state index contributed by atoms with van der Waals surface area (Å²) in [5.41, 5.74) is 3.16. The molecule has 35 heavy (non-hydrogen) atoms. The smallest absolute Gasteiger partial charge is 0.266 e. The van der Waals surface area contributed by atoms with Crippen LogP contribution in [0.2, 0.25) is 0 Å². The second kappa shape index (κ2) is 9.94. The summed E-state index contributed by atoms with van der Waals surface area (Å²) in [5, 5.41) is 8.20. The largest absolute Gasteiger partial charge is 0.454 e. The molecule has 0 bridgehead atoms. The summed E-state index contributed by atoms with van der Waals surface area (Å²) in [7, 11) is 0. The van der Waals surface area contributed by atoms with Gasteiger partial charge in [-0.2, -0.15) is 5.10 Å². The Balaban J connectivity index is 1.23. The predicted molar refractivity (Wildman–Crippen MR) is 134 cm³/mol. The van der Waals surface area contributed by atoms with E-state index in [1.165, 1.54) is 28.2 Å². The normalized spacial score (nSPS) is 12.3. The molecule has 1 N–H and O–H groups in total. The third kappa shape index (κ3) is 5.15. The third-order valence-corrected chi connectivity index (χ3v) is 6.59. The number of fused-ring (bicyclic) bond motifs is 1. The molecule has 5 rings (SSSR count). The van der Waals surface area contributed by atoms with Gasteiger partial charge in [-0.1, -0.05) is 36.4 Å². The number of amides is 1. The van der Waals surface area contributed by atoms with Crippen molar-refractivity contribution >= 4 is 23.3 Å². The van der Waals surface area contributed by atoms with Gasteiger partial charge < -0.3 is 14.8 Å². The summed E-state index contributed by atoms with van der Waals surface area (Å²) in [6.45, 7) is 2.65. The SMILES string of the molecule is Cc1nc(-c2ccccc2)sc1-c1ccc(=O)n(CCNC(=O)/C=C/c2ccc3c(c2)OCO3)n1. The van der Waals surface area contributed by atoms with Crippen LogP contribution in [0.15, 0.2) is 71.5 Å². The molecule has 2 aromatic carbocycles. The molecule has 0 spiro atoms. The minimum atomic E-state index is -0.266. The highest BCUT2D eigenvalue weighted by Gasteiger charge is 2.14. The molecule has 1 amide bonds. The highest BCUT2D eigenvalue weighted by Crippen LogP contribution is 2.34. The molecule has 0 aliphatic carbocycles. The van der Waals surface area contributed by atoms with Crippen LogP contribution in [0.25, 0.3) is 27.2 Å². The van der Waals surface area contributed by atoms with Crippen molar-refractivity contribution in [3.05, 3.63) is 88.4 Å². The van der Waals surface area contributed by atoms with E-state index in [9.17, 15) is 9.59 Å². The average Bonchev–Trinajstić information content (AvgIpc) is 3.50. The second-order valence-electron chi connectivity index (χ2n) is 7.82. The van der Waals surface area contributed by atoms with E-state index in [0.717, 1.165) is 26.7 Å². The zero-order chi connectivity index (χ0) is 24.2. The molecule has 0 fully saturated rings. The first-order valence-electron chi connectivity index (χ1n) is 11.0. The standard InChI is InChI=1S/C26H22N4O4S/c1-17-25(35-26(28-17)19-5-3-2-4-6-19)20-9-12-24(32)30(29-20)14-13-27-23(31)11-8-18-7-10-21-22(15-18)34-16-33-21/h2-12,15H,13-14,16H2,1H3,(H,27,31)/b11-8+. The second-order valence-corrected chi connectivity index (χ2v) is 8.82. The highest BCUT2D eigenvalue weighted by molar-refractivity contribution is 7.18. The Hall–Kier alpha value is -4.24. The number of rotatable bonds is 7. The number of hydrogen-bond acceptors (Lipinski definition) is 7. The lowest BCUT2D eigenvalue weighted by atomic mass is 10.2. The molecule has 0 saturated carbocycles. The Morgan fingerprint density at radius 2 is 1.94 bits per heavy atom. The van der Waals surface area contributed by atoms with Crippen LogP contribution in [0.4, 0.5) is 0 Å². The molecular formula is C26H22N4O4S. The number of ether oxygens (including phenoxy) is 2. The Morgan fingerprint density at radius 3 is 2.80 bits per heavy atom. The van der Waals surface area contributed by atoms with Crippen molar-refractivity contribution in [3.8, 4) is 32.6 Å². The number of thiazole rings is 1. The van der Waals surface area contributed by atoms with Gasteiger partial charge in [0.15, 0.2) is 11.5 Å². The number of nitrogens with one attached hydrogen (secondary N) is 1. The number of aryl methyl sites for hydroxylation is 1. The summed E-state index contributed by atoms with van der Waals surface area (Å²) >= 11 is 1.54. The average molecular weight is 487 g/mol. The summed E-state index contributed by atoms with van der Waals surface area (Å²) in [6, 6.07) is 18.6. The van der Waals surface area contributed by atoms with E-state index in [2.05, 4.69) is 15.4 Å². The van der Waals surface area contributed by atoms with E-state index >= 15 is 0 Å². The summed E-state index contributed by atoms with van der Waals surface area (Å²) in [5.74, 6) is 1.08. The fourth-order valence-electron chi connectivity index (χ4n) is 3.60. The lowest BCUT2D eigenvalue weighted by Crippen LogP contribution is -2.31. The molecule has 2 aromatic heterocycles. The van der Waals surface area contributed by atoms with Crippen molar-refractivity contribution in [1.29, 1.82) is 0 Å². The fraction of sp³-hybridized carbons (Fsp3) is 0.154. The van der Waals surface area contributed by atoms with E-state index in [0.29, 0.717) is 17.2 Å². The van der Waals surface area contributed by atoms with Crippen molar-refractivity contribution < 1.29 is 14.3 Å². The van der Waals surface area contributed by atoms with Crippen molar-refractivity contribution in [3.63, 3.8) is 0 Å². The first-order valence-corrected chi connectivity index (χ1v) is 11.9.